The molecule has 106 valence electrons. The Morgan fingerprint density at radius 2 is 1.75 bits per heavy atom. The van der Waals surface area contributed by atoms with E-state index in [9.17, 15) is 5.11 Å². The maximum atomic E-state index is 9.47. The van der Waals surface area contributed by atoms with Gasteiger partial charge in [0.05, 0.1) is 6.04 Å². The maximum absolute atomic E-state index is 9.47. The molecule has 0 aliphatic rings. The van der Waals surface area contributed by atoms with Crippen LogP contribution in [0.4, 0.5) is 5.69 Å². The SMILES string of the molecule is Cc1cc(C)c(C(C)Nc2ccc(O)cc2C)c(C)n1. The highest BCUT2D eigenvalue weighted by molar-refractivity contribution is 5.55. The quantitative estimate of drug-likeness (QED) is 0.822. The lowest BCUT2D eigenvalue weighted by Crippen LogP contribution is -2.12. The van der Waals surface area contributed by atoms with Gasteiger partial charge in [-0.05, 0) is 75.6 Å². The number of benzene rings is 1. The van der Waals surface area contributed by atoms with Gasteiger partial charge in [-0.1, -0.05) is 0 Å². The largest absolute Gasteiger partial charge is 0.508 e. The van der Waals surface area contributed by atoms with Crippen molar-refractivity contribution in [2.75, 3.05) is 5.32 Å². The molecule has 1 aromatic carbocycles. The van der Waals surface area contributed by atoms with Crippen molar-refractivity contribution in [3.05, 3.63) is 52.3 Å². The van der Waals surface area contributed by atoms with Crippen LogP contribution in [0.2, 0.25) is 0 Å². The number of phenolic OH excluding ortho intramolecular Hbond substituents is 1. The van der Waals surface area contributed by atoms with Crippen molar-refractivity contribution < 1.29 is 5.11 Å². The van der Waals surface area contributed by atoms with Gasteiger partial charge < -0.3 is 10.4 Å². The second-order valence-electron chi connectivity index (χ2n) is 5.44. The van der Waals surface area contributed by atoms with Crippen LogP contribution in [-0.2, 0) is 0 Å². The van der Waals surface area contributed by atoms with Gasteiger partial charge in [-0.25, -0.2) is 0 Å². The number of nitrogens with zero attached hydrogens (tertiary/aromatic N) is 1. The van der Waals surface area contributed by atoms with Gasteiger partial charge in [-0.15, -0.1) is 0 Å². The highest BCUT2D eigenvalue weighted by Crippen LogP contribution is 2.27. The van der Waals surface area contributed by atoms with Gasteiger partial charge in [-0.2, -0.15) is 0 Å². The number of nitrogens with one attached hydrogen (secondary N) is 1. The molecule has 1 unspecified atom stereocenters. The van der Waals surface area contributed by atoms with Crippen LogP contribution in [0.15, 0.2) is 24.3 Å². The van der Waals surface area contributed by atoms with Crippen LogP contribution < -0.4 is 5.32 Å². The molecule has 20 heavy (non-hydrogen) atoms. The van der Waals surface area contributed by atoms with Gasteiger partial charge in [0.1, 0.15) is 5.75 Å². The highest BCUT2D eigenvalue weighted by atomic mass is 16.3. The molecule has 0 saturated heterocycles. The number of hydrogen-bond donors (Lipinski definition) is 2. The minimum absolute atomic E-state index is 0.173. The lowest BCUT2D eigenvalue weighted by Gasteiger charge is -2.21. The van der Waals surface area contributed by atoms with Crippen molar-refractivity contribution in [3.63, 3.8) is 0 Å². The molecule has 0 bridgehead atoms. The second kappa shape index (κ2) is 5.53. The molecule has 0 spiro atoms. The maximum Gasteiger partial charge on any atom is 0.115 e. The molecule has 0 amide bonds. The van der Waals surface area contributed by atoms with Crippen molar-refractivity contribution >= 4 is 5.69 Å². The van der Waals surface area contributed by atoms with E-state index < -0.39 is 0 Å². The van der Waals surface area contributed by atoms with Gasteiger partial charge in [0.25, 0.3) is 0 Å². The van der Waals surface area contributed by atoms with E-state index in [1.165, 1.54) is 11.1 Å². The molecule has 2 N–H and O–H groups in total. The van der Waals surface area contributed by atoms with E-state index in [-0.39, 0.29) is 6.04 Å². The summed E-state index contributed by atoms with van der Waals surface area (Å²) in [7, 11) is 0. The molecule has 0 aliphatic carbocycles. The predicted octanol–water partition coefficient (Wildman–Crippen LogP) is 4.19. The van der Waals surface area contributed by atoms with E-state index in [2.05, 4.69) is 37.1 Å². The Kier molecular flexibility index (Phi) is 3.98. The number of aryl methyl sites for hydroxylation is 4. The monoisotopic (exact) mass is 270 g/mol. The zero-order chi connectivity index (χ0) is 14.9. The van der Waals surface area contributed by atoms with E-state index in [0.29, 0.717) is 5.75 Å². The molecular weight excluding hydrogens is 248 g/mol. The summed E-state index contributed by atoms with van der Waals surface area (Å²) in [5, 5.41) is 13.0. The van der Waals surface area contributed by atoms with Crippen LogP contribution in [-0.4, -0.2) is 10.1 Å². The lowest BCUT2D eigenvalue weighted by molar-refractivity contribution is 0.475. The number of hydrogen-bond acceptors (Lipinski definition) is 3. The van der Waals surface area contributed by atoms with Crippen molar-refractivity contribution in [3.8, 4) is 5.75 Å². The summed E-state index contributed by atoms with van der Waals surface area (Å²) in [6.07, 6.45) is 0. The van der Waals surface area contributed by atoms with E-state index in [1.807, 2.05) is 19.9 Å². The third kappa shape index (κ3) is 2.93. The summed E-state index contributed by atoms with van der Waals surface area (Å²) in [6.45, 7) is 10.3. The Labute approximate surface area is 120 Å². The van der Waals surface area contributed by atoms with Crippen LogP contribution in [0.5, 0.6) is 5.75 Å². The smallest absolute Gasteiger partial charge is 0.115 e. The molecule has 2 rings (SSSR count). The first-order chi connectivity index (χ1) is 9.38. The Morgan fingerprint density at radius 3 is 2.35 bits per heavy atom. The number of anilines is 1. The summed E-state index contributed by atoms with van der Waals surface area (Å²) in [4.78, 5) is 4.55. The summed E-state index contributed by atoms with van der Waals surface area (Å²) < 4.78 is 0. The van der Waals surface area contributed by atoms with Crippen LogP contribution in [0, 0.1) is 27.7 Å². The number of phenols is 1. The van der Waals surface area contributed by atoms with E-state index >= 15 is 0 Å². The second-order valence-corrected chi connectivity index (χ2v) is 5.44. The normalized spacial score (nSPS) is 12.2. The van der Waals surface area contributed by atoms with Gasteiger partial charge >= 0.3 is 0 Å². The van der Waals surface area contributed by atoms with E-state index in [1.54, 1.807) is 12.1 Å². The topological polar surface area (TPSA) is 45.1 Å². The van der Waals surface area contributed by atoms with E-state index in [0.717, 1.165) is 22.6 Å². The van der Waals surface area contributed by atoms with Crippen LogP contribution >= 0.6 is 0 Å². The minimum atomic E-state index is 0.173. The fourth-order valence-electron chi connectivity index (χ4n) is 2.80. The number of aromatic hydroxyl groups is 1. The first-order valence-corrected chi connectivity index (χ1v) is 6.89. The average Bonchev–Trinajstić information content (AvgIpc) is 2.31. The molecule has 3 heteroatoms. The van der Waals surface area contributed by atoms with Crippen LogP contribution in [0.3, 0.4) is 0 Å². The van der Waals surface area contributed by atoms with Crippen molar-refractivity contribution in [2.24, 2.45) is 0 Å². The van der Waals surface area contributed by atoms with Crippen molar-refractivity contribution in [2.45, 2.75) is 40.7 Å². The van der Waals surface area contributed by atoms with Crippen molar-refractivity contribution in [1.82, 2.24) is 4.98 Å². The molecule has 1 aromatic heterocycles. The lowest BCUT2D eigenvalue weighted by atomic mass is 10.00. The summed E-state index contributed by atoms with van der Waals surface area (Å²) in [6, 6.07) is 7.67. The zero-order valence-electron chi connectivity index (χ0n) is 12.8. The van der Waals surface area contributed by atoms with Gasteiger partial charge in [0.2, 0.25) is 0 Å². The minimum Gasteiger partial charge on any atom is -0.508 e. The fraction of sp³-hybridized carbons (Fsp3) is 0.353. The molecule has 0 saturated carbocycles. The molecule has 0 fully saturated rings. The first kappa shape index (κ1) is 14.4. The molecule has 2 aromatic rings. The Hall–Kier alpha value is -2.03. The zero-order valence-corrected chi connectivity index (χ0v) is 12.8. The molecule has 3 nitrogen and oxygen atoms in total. The summed E-state index contributed by atoms with van der Waals surface area (Å²) in [5.41, 5.74) is 6.69. The standard InChI is InChI=1S/C17H22N2O/c1-10-9-15(20)6-7-16(10)19-14(5)17-11(2)8-12(3)18-13(17)4/h6-9,14,19-20H,1-5H3. The van der Waals surface area contributed by atoms with Gasteiger partial charge in [0, 0.05) is 17.1 Å². The Bertz CT molecular complexity index is 612. The molecular formula is C17H22N2O. The van der Waals surface area contributed by atoms with Crippen molar-refractivity contribution in [1.29, 1.82) is 0 Å². The van der Waals surface area contributed by atoms with Crippen LogP contribution in [0.1, 0.15) is 41.0 Å². The number of aromatic nitrogens is 1. The number of pyridine rings is 1. The molecule has 0 aliphatic heterocycles. The van der Waals surface area contributed by atoms with Crippen LogP contribution in [0.25, 0.3) is 0 Å². The molecule has 1 heterocycles. The van der Waals surface area contributed by atoms with Gasteiger partial charge in [0.15, 0.2) is 0 Å². The van der Waals surface area contributed by atoms with E-state index in [4.69, 9.17) is 0 Å². The fourth-order valence-corrected chi connectivity index (χ4v) is 2.80. The number of rotatable bonds is 3. The summed E-state index contributed by atoms with van der Waals surface area (Å²) in [5.74, 6) is 0.296. The highest BCUT2D eigenvalue weighted by Gasteiger charge is 2.13. The van der Waals surface area contributed by atoms with Gasteiger partial charge in [-0.3, -0.25) is 4.98 Å². The molecule has 1 atom stereocenters. The third-order valence-corrected chi connectivity index (χ3v) is 3.60. The average molecular weight is 270 g/mol. The summed E-state index contributed by atoms with van der Waals surface area (Å²) >= 11 is 0. The molecule has 0 radical (unpaired) electrons. The first-order valence-electron chi connectivity index (χ1n) is 6.89. The third-order valence-electron chi connectivity index (χ3n) is 3.60. The predicted molar refractivity (Wildman–Crippen MR) is 83.3 cm³/mol. The Morgan fingerprint density at radius 1 is 1.05 bits per heavy atom. The Balaban J connectivity index is 2.31.